The van der Waals surface area contributed by atoms with Crippen LogP contribution in [0.2, 0.25) is 0 Å². The van der Waals surface area contributed by atoms with Crippen molar-refractivity contribution >= 4 is 10.0 Å². The maximum Gasteiger partial charge on any atom is 0.227 e. The van der Waals surface area contributed by atoms with Gasteiger partial charge < -0.3 is 14.3 Å². The van der Waals surface area contributed by atoms with E-state index in [1.54, 1.807) is 0 Å². The lowest BCUT2D eigenvalue weighted by Crippen LogP contribution is -2.39. The minimum absolute atomic E-state index is 0.0662. The molecular weight excluding hydrogens is 298 g/mol. The second kappa shape index (κ2) is 6.59. The van der Waals surface area contributed by atoms with Crippen LogP contribution in [0.25, 0.3) is 0 Å². The molecule has 1 aromatic heterocycles. The third-order valence-corrected chi connectivity index (χ3v) is 4.73. The number of aliphatic hydroxyl groups is 1. The molecule has 0 atom stereocenters. The molecule has 1 N–H and O–H groups in total. The Morgan fingerprint density at radius 2 is 2.19 bits per heavy atom. The lowest BCUT2D eigenvalue weighted by atomic mass is 9.99. The van der Waals surface area contributed by atoms with Gasteiger partial charge >= 0.3 is 0 Å². The first-order chi connectivity index (χ1) is 10.6. The molecule has 0 bridgehead atoms. The SMILES string of the molecule is [2H]C([2H])(O)c1cc(=O)c(OCC2CCN(S(C)(=O)=O)CC2)co1. The second-order valence-electron chi connectivity index (χ2n) is 5.00. The Bertz CT molecular complexity index is 704. The lowest BCUT2D eigenvalue weighted by molar-refractivity contribution is 0.179. The largest absolute Gasteiger partial charge is 0.486 e. The molecule has 0 aromatic carbocycles. The number of ether oxygens (including phenoxy) is 1. The molecule has 0 radical (unpaired) electrons. The monoisotopic (exact) mass is 319 g/mol. The maximum absolute atomic E-state index is 11.8. The summed E-state index contributed by atoms with van der Waals surface area (Å²) in [6, 6.07) is 0.849. The minimum atomic E-state index is -3.17. The molecule has 8 heteroatoms. The Labute approximate surface area is 126 Å². The highest BCUT2D eigenvalue weighted by Gasteiger charge is 2.25. The number of hydrogen-bond acceptors (Lipinski definition) is 6. The van der Waals surface area contributed by atoms with Crippen LogP contribution in [0.4, 0.5) is 0 Å². The van der Waals surface area contributed by atoms with Crippen molar-refractivity contribution in [2.24, 2.45) is 5.92 Å². The molecule has 118 valence electrons. The van der Waals surface area contributed by atoms with Crippen LogP contribution in [0.15, 0.2) is 21.5 Å². The molecule has 1 aromatic rings. The summed E-state index contributed by atoms with van der Waals surface area (Å²) in [4.78, 5) is 11.8. The fraction of sp³-hybridized carbons (Fsp3) is 0.615. The van der Waals surface area contributed by atoms with Crippen molar-refractivity contribution in [2.75, 3.05) is 26.0 Å². The molecule has 2 rings (SSSR count). The highest BCUT2D eigenvalue weighted by Crippen LogP contribution is 2.20. The van der Waals surface area contributed by atoms with E-state index >= 15 is 0 Å². The highest BCUT2D eigenvalue weighted by molar-refractivity contribution is 7.88. The van der Waals surface area contributed by atoms with E-state index in [4.69, 9.17) is 17.0 Å². The summed E-state index contributed by atoms with van der Waals surface area (Å²) in [5.74, 6) is -0.434. The van der Waals surface area contributed by atoms with Crippen LogP contribution < -0.4 is 10.2 Å². The number of sulfonamides is 1. The Hall–Kier alpha value is -1.38. The van der Waals surface area contributed by atoms with Crippen molar-refractivity contribution in [2.45, 2.75) is 19.4 Å². The summed E-state index contributed by atoms with van der Waals surface area (Å²) >= 11 is 0. The molecule has 7 nitrogen and oxygen atoms in total. The third kappa shape index (κ3) is 4.29. The summed E-state index contributed by atoms with van der Waals surface area (Å²) < 4.78 is 48.6. The van der Waals surface area contributed by atoms with E-state index in [1.165, 1.54) is 10.6 Å². The zero-order chi connectivity index (χ0) is 17.3. The Morgan fingerprint density at radius 3 is 2.71 bits per heavy atom. The summed E-state index contributed by atoms with van der Waals surface area (Å²) in [6.07, 6.45) is 3.42. The van der Waals surface area contributed by atoms with Crippen molar-refractivity contribution in [1.29, 1.82) is 0 Å². The van der Waals surface area contributed by atoms with E-state index in [2.05, 4.69) is 0 Å². The summed E-state index contributed by atoms with van der Waals surface area (Å²) in [6.45, 7) is -1.64. The first-order valence-corrected chi connectivity index (χ1v) is 8.36. The zero-order valence-corrected chi connectivity index (χ0v) is 12.4. The number of hydrogen-bond donors (Lipinski definition) is 1. The third-order valence-electron chi connectivity index (χ3n) is 3.43. The van der Waals surface area contributed by atoms with Gasteiger partial charge in [0.05, 0.1) is 15.6 Å². The molecule has 0 spiro atoms. The molecular formula is C13H19NO6S. The predicted octanol–water partition coefficient (Wildman–Crippen LogP) is 0.183. The van der Waals surface area contributed by atoms with Gasteiger partial charge in [0.25, 0.3) is 0 Å². The van der Waals surface area contributed by atoms with Crippen LogP contribution in [0.3, 0.4) is 0 Å². The fourth-order valence-electron chi connectivity index (χ4n) is 2.18. The second-order valence-corrected chi connectivity index (χ2v) is 6.98. The van der Waals surface area contributed by atoms with E-state index in [0.29, 0.717) is 25.9 Å². The smallest absolute Gasteiger partial charge is 0.227 e. The van der Waals surface area contributed by atoms with E-state index in [-0.39, 0.29) is 18.3 Å². The standard InChI is InChI=1S/C13H19NO6S/c1-21(17,18)14-4-2-10(3-5-14)8-20-13-9-19-11(7-15)6-12(13)16/h6,9-10,15H,2-5,7-8H2,1H3/i7D2. The quantitative estimate of drug-likeness (QED) is 0.831. The first-order valence-electron chi connectivity index (χ1n) is 7.51. The van der Waals surface area contributed by atoms with Crippen molar-refractivity contribution in [3.05, 3.63) is 28.3 Å². The maximum atomic E-state index is 11.8. The normalized spacial score (nSPS) is 19.9. The topological polar surface area (TPSA) is 97.0 Å². The van der Waals surface area contributed by atoms with Crippen LogP contribution in [0.5, 0.6) is 5.75 Å². The molecule has 1 aliphatic rings. The predicted molar refractivity (Wildman–Crippen MR) is 75.5 cm³/mol. The van der Waals surface area contributed by atoms with Crippen LogP contribution in [0.1, 0.15) is 21.3 Å². The van der Waals surface area contributed by atoms with Gasteiger partial charge in [-0.2, -0.15) is 0 Å². The summed E-state index contributed by atoms with van der Waals surface area (Å²) in [7, 11) is -3.17. The van der Waals surface area contributed by atoms with E-state index < -0.39 is 27.8 Å². The van der Waals surface area contributed by atoms with Crippen LogP contribution in [-0.2, 0) is 16.6 Å². The van der Waals surface area contributed by atoms with Gasteiger partial charge in [0.1, 0.15) is 18.6 Å². The average Bonchev–Trinajstić information content (AvgIpc) is 2.44. The van der Waals surface area contributed by atoms with E-state index in [1.807, 2.05) is 0 Å². The molecule has 0 saturated carbocycles. The van der Waals surface area contributed by atoms with Crippen LogP contribution >= 0.6 is 0 Å². The van der Waals surface area contributed by atoms with Gasteiger partial charge in [-0.1, -0.05) is 0 Å². The van der Waals surface area contributed by atoms with Gasteiger partial charge in [0.15, 0.2) is 0 Å². The summed E-state index contributed by atoms with van der Waals surface area (Å²) in [5, 5.41) is 9.13. The molecule has 1 aliphatic heterocycles. The van der Waals surface area contributed by atoms with E-state index in [9.17, 15) is 13.2 Å². The highest BCUT2D eigenvalue weighted by atomic mass is 32.2. The van der Waals surface area contributed by atoms with Gasteiger partial charge in [-0.05, 0) is 18.8 Å². The van der Waals surface area contributed by atoms with E-state index in [0.717, 1.165) is 12.3 Å². The zero-order valence-electron chi connectivity index (χ0n) is 13.6. The molecule has 0 amide bonds. The minimum Gasteiger partial charge on any atom is -0.486 e. The van der Waals surface area contributed by atoms with Gasteiger partial charge in [-0.25, -0.2) is 12.7 Å². The Kier molecular flexibility index (Phi) is 4.17. The van der Waals surface area contributed by atoms with Gasteiger partial charge in [-0.15, -0.1) is 0 Å². The van der Waals surface area contributed by atoms with Crippen molar-refractivity contribution in [3.63, 3.8) is 0 Å². The molecule has 1 saturated heterocycles. The first kappa shape index (κ1) is 13.3. The lowest BCUT2D eigenvalue weighted by Gasteiger charge is -2.29. The number of piperidine rings is 1. The van der Waals surface area contributed by atoms with Gasteiger partial charge in [0, 0.05) is 19.2 Å². The molecule has 0 unspecified atom stereocenters. The average molecular weight is 319 g/mol. The van der Waals surface area contributed by atoms with Crippen molar-refractivity contribution < 1.29 is 25.4 Å². The van der Waals surface area contributed by atoms with Crippen LogP contribution in [0, 0.1) is 5.92 Å². The van der Waals surface area contributed by atoms with Gasteiger partial charge in [0.2, 0.25) is 21.2 Å². The van der Waals surface area contributed by atoms with Gasteiger partial charge in [-0.3, -0.25) is 4.79 Å². The van der Waals surface area contributed by atoms with Crippen molar-refractivity contribution in [3.8, 4) is 5.75 Å². The number of nitrogens with zero attached hydrogens (tertiary/aromatic N) is 1. The number of rotatable bonds is 5. The Balaban J connectivity index is 1.92. The Morgan fingerprint density at radius 1 is 1.52 bits per heavy atom. The van der Waals surface area contributed by atoms with Crippen LogP contribution in [-0.4, -0.2) is 43.8 Å². The van der Waals surface area contributed by atoms with Crippen molar-refractivity contribution in [1.82, 2.24) is 4.31 Å². The molecule has 21 heavy (non-hydrogen) atoms. The fourth-order valence-corrected chi connectivity index (χ4v) is 3.05. The molecule has 0 aliphatic carbocycles. The molecule has 1 fully saturated rings. The molecule has 2 heterocycles. The summed E-state index contributed by atoms with van der Waals surface area (Å²) in [5.41, 5.74) is -0.585.